The number of rotatable bonds is 9. The third kappa shape index (κ3) is 4.87. The van der Waals surface area contributed by atoms with Gasteiger partial charge in [0.15, 0.2) is 5.82 Å². The number of nitrogens with two attached hydrogens (primary N) is 1. The molecule has 1 saturated heterocycles. The molecule has 2 unspecified atom stereocenters. The third-order valence-electron chi connectivity index (χ3n) is 7.29. The quantitative estimate of drug-likeness (QED) is 0.496. The summed E-state index contributed by atoms with van der Waals surface area (Å²) < 4.78 is 11.6. The second-order valence-corrected chi connectivity index (χ2v) is 10.0. The van der Waals surface area contributed by atoms with Gasteiger partial charge >= 0.3 is 6.09 Å². The molecule has 2 heterocycles. The molecule has 4 aliphatic rings. The van der Waals surface area contributed by atoms with Crippen LogP contribution in [0.25, 0.3) is 0 Å². The van der Waals surface area contributed by atoms with Gasteiger partial charge in [-0.15, -0.1) is 0 Å². The Kier molecular flexibility index (Phi) is 6.05. The molecule has 0 spiro atoms. The first-order chi connectivity index (χ1) is 15.9. The molecule has 2 aliphatic heterocycles. The van der Waals surface area contributed by atoms with E-state index in [2.05, 4.69) is 35.5 Å². The van der Waals surface area contributed by atoms with Crippen molar-refractivity contribution in [3.05, 3.63) is 40.3 Å². The first-order valence-electron chi connectivity index (χ1n) is 12.1. The number of carbonyl (C=O) groups excluding carboxylic acids is 1. The van der Waals surface area contributed by atoms with Crippen LogP contribution in [-0.2, 0) is 17.6 Å². The van der Waals surface area contributed by atoms with Crippen molar-refractivity contribution in [2.75, 3.05) is 32.8 Å². The summed E-state index contributed by atoms with van der Waals surface area (Å²) in [6.07, 6.45) is 8.19. The fraction of sp³-hybridized carbons (Fsp3) is 0.600. The van der Waals surface area contributed by atoms with Gasteiger partial charge in [-0.25, -0.2) is 9.79 Å². The van der Waals surface area contributed by atoms with Crippen LogP contribution < -0.4 is 21.1 Å². The molecule has 1 aromatic carbocycles. The SMILES string of the molecule is Cc1cc(OCC2(N)CC2)c(C)c2c1CC(CNCCC1CN(C3=CNCC=N3)C(=O)O1)C2. The summed E-state index contributed by atoms with van der Waals surface area (Å²) in [6, 6.07) is 2.19. The molecule has 5 rings (SSSR count). The monoisotopic (exact) mass is 453 g/mol. The summed E-state index contributed by atoms with van der Waals surface area (Å²) in [7, 11) is 0. The minimum absolute atomic E-state index is 0.103. The van der Waals surface area contributed by atoms with E-state index < -0.39 is 0 Å². The van der Waals surface area contributed by atoms with Gasteiger partial charge in [0.1, 0.15) is 18.5 Å². The predicted molar refractivity (Wildman–Crippen MR) is 128 cm³/mol. The molecule has 2 fully saturated rings. The van der Waals surface area contributed by atoms with Crippen molar-refractivity contribution >= 4 is 12.3 Å². The van der Waals surface area contributed by atoms with Crippen LogP contribution in [0.5, 0.6) is 5.75 Å². The minimum atomic E-state index is -0.315. The first-order valence-corrected chi connectivity index (χ1v) is 12.1. The van der Waals surface area contributed by atoms with E-state index in [9.17, 15) is 4.79 Å². The lowest BCUT2D eigenvalue weighted by Gasteiger charge is -2.17. The summed E-state index contributed by atoms with van der Waals surface area (Å²) in [5, 5.41) is 6.67. The smallest absolute Gasteiger partial charge is 0.415 e. The summed E-state index contributed by atoms with van der Waals surface area (Å²) in [6.45, 7) is 8.00. The number of benzene rings is 1. The van der Waals surface area contributed by atoms with Crippen molar-refractivity contribution in [1.82, 2.24) is 15.5 Å². The highest BCUT2D eigenvalue weighted by Crippen LogP contribution is 2.38. The van der Waals surface area contributed by atoms with E-state index in [1.165, 1.54) is 22.3 Å². The highest BCUT2D eigenvalue weighted by atomic mass is 16.6. The Morgan fingerprint density at radius 2 is 2.15 bits per heavy atom. The number of hydrogen-bond acceptors (Lipinski definition) is 7. The van der Waals surface area contributed by atoms with Crippen molar-refractivity contribution in [2.24, 2.45) is 16.6 Å². The highest BCUT2D eigenvalue weighted by Gasteiger charge is 2.39. The third-order valence-corrected chi connectivity index (χ3v) is 7.29. The number of carbonyl (C=O) groups is 1. The predicted octanol–water partition coefficient (Wildman–Crippen LogP) is 2.16. The van der Waals surface area contributed by atoms with Crippen LogP contribution in [-0.4, -0.2) is 61.6 Å². The fourth-order valence-electron chi connectivity index (χ4n) is 4.99. The summed E-state index contributed by atoms with van der Waals surface area (Å²) in [5.74, 6) is 2.20. The molecule has 0 radical (unpaired) electrons. The molecule has 4 N–H and O–H groups in total. The van der Waals surface area contributed by atoms with Gasteiger partial charge in [-0.3, -0.25) is 4.90 Å². The lowest BCUT2D eigenvalue weighted by atomic mass is 9.99. The van der Waals surface area contributed by atoms with Crippen LogP contribution in [0.15, 0.2) is 23.1 Å². The second-order valence-electron chi connectivity index (χ2n) is 10.0. The number of fused-ring (bicyclic) bond motifs is 1. The van der Waals surface area contributed by atoms with E-state index in [4.69, 9.17) is 15.2 Å². The number of nitrogens with one attached hydrogen (secondary N) is 2. The standard InChI is InChI=1S/C25H35N5O3/c1-16-9-22(32-15-25(26)4-5-25)17(2)21-11-18(10-20(16)21)12-27-6-3-19-14-30(24(31)33-19)23-13-28-7-8-29-23/h8-9,13,18-19,27-28H,3-7,10-12,14-15,26H2,1-2H3. The molecule has 1 amide bonds. The molecule has 8 nitrogen and oxygen atoms in total. The number of ether oxygens (including phenoxy) is 2. The lowest BCUT2D eigenvalue weighted by Crippen LogP contribution is -2.30. The van der Waals surface area contributed by atoms with Crippen LogP contribution in [0.2, 0.25) is 0 Å². The molecule has 33 heavy (non-hydrogen) atoms. The van der Waals surface area contributed by atoms with E-state index in [0.29, 0.717) is 31.4 Å². The van der Waals surface area contributed by atoms with Crippen LogP contribution >= 0.6 is 0 Å². The Morgan fingerprint density at radius 3 is 2.91 bits per heavy atom. The van der Waals surface area contributed by atoms with E-state index in [1.807, 2.05) is 0 Å². The molecule has 0 bridgehead atoms. The molecule has 8 heteroatoms. The van der Waals surface area contributed by atoms with Crippen molar-refractivity contribution in [3.63, 3.8) is 0 Å². The maximum Gasteiger partial charge on any atom is 0.415 e. The number of cyclic esters (lactones) is 1. The molecule has 1 saturated carbocycles. The van der Waals surface area contributed by atoms with Crippen molar-refractivity contribution in [3.8, 4) is 5.75 Å². The van der Waals surface area contributed by atoms with Crippen LogP contribution in [0.1, 0.15) is 41.5 Å². The van der Waals surface area contributed by atoms with Gasteiger partial charge < -0.3 is 25.8 Å². The highest BCUT2D eigenvalue weighted by molar-refractivity contribution is 5.73. The second kappa shape index (κ2) is 8.99. The summed E-state index contributed by atoms with van der Waals surface area (Å²) in [4.78, 5) is 18.1. The molecule has 2 atom stereocenters. The van der Waals surface area contributed by atoms with Crippen molar-refractivity contribution in [1.29, 1.82) is 0 Å². The summed E-state index contributed by atoms with van der Waals surface area (Å²) >= 11 is 0. The Bertz CT molecular complexity index is 985. The van der Waals surface area contributed by atoms with Crippen LogP contribution in [0, 0.1) is 19.8 Å². The minimum Gasteiger partial charge on any atom is -0.491 e. The van der Waals surface area contributed by atoms with E-state index in [1.54, 1.807) is 17.3 Å². The van der Waals surface area contributed by atoms with Gasteiger partial charge in [0.25, 0.3) is 0 Å². The number of amides is 1. The zero-order valence-corrected chi connectivity index (χ0v) is 19.7. The van der Waals surface area contributed by atoms with Crippen LogP contribution in [0.3, 0.4) is 0 Å². The number of nitrogens with zero attached hydrogens (tertiary/aromatic N) is 2. The molecule has 0 aromatic heterocycles. The zero-order valence-electron chi connectivity index (χ0n) is 19.7. The van der Waals surface area contributed by atoms with Gasteiger partial charge in [-0.1, -0.05) is 0 Å². The van der Waals surface area contributed by atoms with Crippen molar-refractivity contribution < 1.29 is 14.3 Å². The van der Waals surface area contributed by atoms with E-state index in [0.717, 1.165) is 50.9 Å². The van der Waals surface area contributed by atoms with Gasteiger partial charge in [-0.2, -0.15) is 0 Å². The largest absolute Gasteiger partial charge is 0.491 e. The van der Waals surface area contributed by atoms with Gasteiger partial charge in [-0.05, 0) is 93.3 Å². The summed E-state index contributed by atoms with van der Waals surface area (Å²) in [5.41, 5.74) is 11.6. The van der Waals surface area contributed by atoms with Gasteiger partial charge in [0.05, 0.1) is 12.1 Å². The van der Waals surface area contributed by atoms with Gasteiger partial charge in [0, 0.05) is 19.0 Å². The number of aliphatic imine (C=N–C) groups is 1. The van der Waals surface area contributed by atoms with Crippen molar-refractivity contribution in [2.45, 2.75) is 57.6 Å². The molecule has 178 valence electrons. The Labute approximate surface area is 195 Å². The average molecular weight is 454 g/mol. The number of aryl methyl sites for hydroxylation is 1. The molecule has 1 aromatic rings. The van der Waals surface area contributed by atoms with E-state index in [-0.39, 0.29) is 17.7 Å². The fourth-order valence-corrected chi connectivity index (χ4v) is 4.99. The van der Waals surface area contributed by atoms with Gasteiger partial charge in [0.2, 0.25) is 0 Å². The molecular weight excluding hydrogens is 418 g/mol. The van der Waals surface area contributed by atoms with E-state index >= 15 is 0 Å². The average Bonchev–Trinajstić information content (AvgIpc) is 3.21. The topological polar surface area (TPSA) is 101 Å². The Hall–Kier alpha value is -2.58. The number of hydrogen-bond donors (Lipinski definition) is 3. The normalized spacial score (nSPS) is 24.9. The zero-order chi connectivity index (χ0) is 23.0. The van der Waals surface area contributed by atoms with Crippen LogP contribution in [0.4, 0.5) is 4.79 Å². The lowest BCUT2D eigenvalue weighted by molar-refractivity contribution is 0.130. The first kappa shape index (κ1) is 22.2. The Balaban J connectivity index is 1.08. The molecular formula is C25H35N5O3. The maximum absolute atomic E-state index is 12.2. The molecule has 2 aliphatic carbocycles. The maximum atomic E-state index is 12.2. The Morgan fingerprint density at radius 1 is 1.33 bits per heavy atom.